The van der Waals surface area contributed by atoms with Crippen LogP contribution in [0, 0.1) is 6.92 Å². The van der Waals surface area contributed by atoms with Crippen molar-refractivity contribution in [2.45, 2.75) is 39.2 Å². The largest absolute Gasteiger partial charge is 0.352 e. The van der Waals surface area contributed by atoms with E-state index < -0.39 is 0 Å². The van der Waals surface area contributed by atoms with Gasteiger partial charge in [0.05, 0.1) is 21.6 Å². The Kier molecular flexibility index (Phi) is 7.23. The number of unbranched alkanes of at least 4 members (excludes halogenated alkanes) is 2. The number of aromatic nitrogens is 2. The lowest BCUT2D eigenvalue weighted by atomic mass is 10.1. The predicted molar refractivity (Wildman–Crippen MR) is 131 cm³/mol. The molecular weight excluding hydrogens is 418 g/mol. The summed E-state index contributed by atoms with van der Waals surface area (Å²) >= 11 is 6.09. The Balaban J connectivity index is 1.33. The molecule has 5 heteroatoms. The molecule has 0 aliphatic carbocycles. The number of hydrogen-bond donors (Lipinski definition) is 1. The Bertz CT molecular complexity index is 1210. The lowest BCUT2D eigenvalue weighted by Crippen LogP contribution is -2.24. The van der Waals surface area contributed by atoms with Crippen molar-refractivity contribution < 1.29 is 4.79 Å². The molecule has 4 aromatic rings. The Morgan fingerprint density at radius 2 is 1.78 bits per heavy atom. The van der Waals surface area contributed by atoms with Crippen molar-refractivity contribution in [3.63, 3.8) is 0 Å². The van der Waals surface area contributed by atoms with E-state index in [1.54, 1.807) is 12.1 Å². The quantitative estimate of drug-likeness (QED) is 0.312. The zero-order valence-corrected chi connectivity index (χ0v) is 19.1. The van der Waals surface area contributed by atoms with Crippen LogP contribution in [0.2, 0.25) is 5.02 Å². The summed E-state index contributed by atoms with van der Waals surface area (Å²) in [7, 11) is 0. The van der Waals surface area contributed by atoms with Gasteiger partial charge in [-0.25, -0.2) is 4.98 Å². The number of rotatable bonds is 9. The van der Waals surface area contributed by atoms with Crippen molar-refractivity contribution in [3.8, 4) is 0 Å². The molecule has 0 radical (unpaired) electrons. The summed E-state index contributed by atoms with van der Waals surface area (Å²) in [6, 6.07) is 24.1. The molecule has 0 aliphatic heterocycles. The van der Waals surface area contributed by atoms with Crippen molar-refractivity contribution in [3.05, 3.63) is 100 Å². The summed E-state index contributed by atoms with van der Waals surface area (Å²) < 4.78 is 2.34. The first-order valence-corrected chi connectivity index (χ1v) is 11.5. The monoisotopic (exact) mass is 445 g/mol. The second-order valence-electron chi connectivity index (χ2n) is 8.14. The van der Waals surface area contributed by atoms with Gasteiger partial charge in [-0.2, -0.15) is 0 Å². The molecule has 1 aromatic heterocycles. The van der Waals surface area contributed by atoms with Gasteiger partial charge in [0, 0.05) is 19.5 Å². The zero-order chi connectivity index (χ0) is 22.3. The van der Waals surface area contributed by atoms with E-state index in [1.165, 1.54) is 16.6 Å². The van der Waals surface area contributed by atoms with Crippen molar-refractivity contribution in [2.24, 2.45) is 0 Å². The zero-order valence-electron chi connectivity index (χ0n) is 18.4. The summed E-state index contributed by atoms with van der Waals surface area (Å²) in [4.78, 5) is 17.2. The first kappa shape index (κ1) is 22.1. The molecule has 0 bridgehead atoms. The smallest absolute Gasteiger partial charge is 0.252 e. The number of benzene rings is 3. The molecule has 32 heavy (non-hydrogen) atoms. The summed E-state index contributed by atoms with van der Waals surface area (Å²) in [5, 5.41) is 3.45. The van der Waals surface area contributed by atoms with E-state index >= 15 is 0 Å². The summed E-state index contributed by atoms with van der Waals surface area (Å²) in [6.45, 7) is 3.59. The molecule has 0 atom stereocenters. The van der Waals surface area contributed by atoms with Crippen LogP contribution in [-0.2, 0) is 13.0 Å². The molecule has 1 heterocycles. The van der Waals surface area contributed by atoms with Gasteiger partial charge >= 0.3 is 0 Å². The second-order valence-corrected chi connectivity index (χ2v) is 8.55. The minimum atomic E-state index is -0.115. The SMILES string of the molecule is Cc1cccc(Cn2c(CCCCCNC(=O)c3ccccc3Cl)nc3ccccc32)c1. The Morgan fingerprint density at radius 1 is 0.969 bits per heavy atom. The average molecular weight is 446 g/mol. The number of amides is 1. The van der Waals surface area contributed by atoms with Crippen LogP contribution in [0.5, 0.6) is 0 Å². The van der Waals surface area contributed by atoms with Crippen LogP contribution in [-0.4, -0.2) is 22.0 Å². The van der Waals surface area contributed by atoms with Gasteiger partial charge in [0.2, 0.25) is 0 Å². The van der Waals surface area contributed by atoms with Crippen LogP contribution in [0.15, 0.2) is 72.8 Å². The van der Waals surface area contributed by atoms with E-state index in [-0.39, 0.29) is 5.91 Å². The fourth-order valence-electron chi connectivity index (χ4n) is 4.01. The topological polar surface area (TPSA) is 46.9 Å². The van der Waals surface area contributed by atoms with Crippen LogP contribution < -0.4 is 5.32 Å². The maximum atomic E-state index is 12.3. The molecule has 0 saturated carbocycles. The molecule has 164 valence electrons. The first-order valence-electron chi connectivity index (χ1n) is 11.1. The number of aryl methyl sites for hydroxylation is 2. The number of nitrogens with zero attached hydrogens (tertiary/aromatic N) is 2. The fraction of sp³-hybridized carbons (Fsp3) is 0.259. The lowest BCUT2D eigenvalue weighted by Gasteiger charge is -2.10. The van der Waals surface area contributed by atoms with Crippen LogP contribution in [0.25, 0.3) is 11.0 Å². The maximum absolute atomic E-state index is 12.3. The van der Waals surface area contributed by atoms with Gasteiger partial charge in [0.15, 0.2) is 0 Å². The minimum absolute atomic E-state index is 0.115. The molecule has 0 saturated heterocycles. The molecule has 0 fully saturated rings. The molecule has 4 rings (SSSR count). The summed E-state index contributed by atoms with van der Waals surface area (Å²) in [5.41, 5.74) is 5.31. The third-order valence-electron chi connectivity index (χ3n) is 5.64. The third-order valence-corrected chi connectivity index (χ3v) is 5.97. The van der Waals surface area contributed by atoms with Gasteiger partial charge < -0.3 is 9.88 Å². The first-order chi connectivity index (χ1) is 15.6. The van der Waals surface area contributed by atoms with Gasteiger partial charge in [-0.05, 0) is 49.6 Å². The average Bonchev–Trinajstić information content (AvgIpc) is 3.13. The Hall–Kier alpha value is -3.11. The van der Waals surface area contributed by atoms with Gasteiger partial charge in [-0.1, -0.05) is 72.1 Å². The van der Waals surface area contributed by atoms with Crippen molar-refractivity contribution in [1.29, 1.82) is 0 Å². The normalized spacial score (nSPS) is 11.1. The molecule has 1 amide bonds. The highest BCUT2D eigenvalue weighted by Gasteiger charge is 2.11. The second kappa shape index (κ2) is 10.5. The predicted octanol–water partition coefficient (Wildman–Crippen LogP) is 6.19. The van der Waals surface area contributed by atoms with Gasteiger partial charge in [-0.15, -0.1) is 0 Å². The molecule has 3 aromatic carbocycles. The number of halogens is 1. The molecule has 1 N–H and O–H groups in total. The number of fused-ring (bicyclic) bond motifs is 1. The van der Waals surface area contributed by atoms with E-state index in [1.807, 2.05) is 18.2 Å². The number of para-hydroxylation sites is 2. The van der Waals surface area contributed by atoms with Gasteiger partial charge in [-0.3, -0.25) is 4.79 Å². The van der Waals surface area contributed by atoms with E-state index in [0.717, 1.165) is 43.6 Å². The van der Waals surface area contributed by atoms with E-state index in [0.29, 0.717) is 17.1 Å². The number of imidazole rings is 1. The Labute approximate surface area is 194 Å². The van der Waals surface area contributed by atoms with Crippen molar-refractivity contribution >= 4 is 28.5 Å². The highest BCUT2D eigenvalue weighted by molar-refractivity contribution is 6.33. The highest BCUT2D eigenvalue weighted by Crippen LogP contribution is 2.20. The molecule has 0 unspecified atom stereocenters. The molecule has 0 aliphatic rings. The summed E-state index contributed by atoms with van der Waals surface area (Å²) in [6.07, 6.45) is 3.89. The van der Waals surface area contributed by atoms with E-state index in [9.17, 15) is 4.79 Å². The molecule has 4 nitrogen and oxygen atoms in total. The number of hydrogen-bond acceptors (Lipinski definition) is 2. The van der Waals surface area contributed by atoms with Crippen molar-refractivity contribution in [2.75, 3.05) is 6.54 Å². The maximum Gasteiger partial charge on any atom is 0.252 e. The highest BCUT2D eigenvalue weighted by atomic mass is 35.5. The molecule has 0 spiro atoms. The number of carbonyl (C=O) groups excluding carboxylic acids is 1. The Morgan fingerprint density at radius 3 is 2.62 bits per heavy atom. The van der Waals surface area contributed by atoms with E-state index in [2.05, 4.69) is 59.3 Å². The number of carbonyl (C=O) groups is 1. The fourth-order valence-corrected chi connectivity index (χ4v) is 4.23. The standard InChI is InChI=1S/C27H28ClN3O/c1-20-10-9-11-21(18-20)19-31-25-15-7-6-14-24(25)30-26(31)16-3-2-8-17-29-27(32)22-12-4-5-13-23(22)28/h4-7,9-15,18H,2-3,8,16-17,19H2,1H3,(H,29,32). The van der Waals surface area contributed by atoms with Crippen LogP contribution >= 0.6 is 11.6 Å². The summed E-state index contributed by atoms with van der Waals surface area (Å²) in [5.74, 6) is 1.00. The van der Waals surface area contributed by atoms with Crippen LogP contribution in [0.1, 0.15) is 46.6 Å². The van der Waals surface area contributed by atoms with Crippen molar-refractivity contribution in [1.82, 2.24) is 14.9 Å². The van der Waals surface area contributed by atoms with Gasteiger partial charge in [0.25, 0.3) is 5.91 Å². The van der Waals surface area contributed by atoms with E-state index in [4.69, 9.17) is 16.6 Å². The minimum Gasteiger partial charge on any atom is -0.352 e. The van der Waals surface area contributed by atoms with Gasteiger partial charge in [0.1, 0.15) is 5.82 Å². The third kappa shape index (κ3) is 5.38. The van der Waals surface area contributed by atoms with Crippen LogP contribution in [0.4, 0.5) is 0 Å². The molecular formula is C27H28ClN3O. The number of nitrogens with one attached hydrogen (secondary N) is 1. The van der Waals surface area contributed by atoms with Crippen LogP contribution in [0.3, 0.4) is 0 Å². The lowest BCUT2D eigenvalue weighted by molar-refractivity contribution is 0.0953.